The van der Waals surface area contributed by atoms with Crippen LogP contribution in [0.2, 0.25) is 0 Å². The smallest absolute Gasteiger partial charge is 0.408 e. The highest BCUT2D eigenvalue weighted by molar-refractivity contribution is 7.99. The Morgan fingerprint density at radius 2 is 2.03 bits per heavy atom. The molecular formula is C19H28N6O7S. The molecule has 5 atom stereocenters. The second-order valence-corrected chi connectivity index (χ2v) is 9.68. The number of ether oxygens (including phenoxy) is 2. The third-order valence-corrected chi connectivity index (χ3v) is 5.91. The molecule has 3 heterocycles. The van der Waals surface area contributed by atoms with Crippen molar-refractivity contribution in [3.63, 3.8) is 0 Å². The number of nitrogens with one attached hydrogen (secondary N) is 1. The summed E-state index contributed by atoms with van der Waals surface area (Å²) in [6.45, 7) is 5.05. The number of aromatic nitrogens is 4. The number of carboxylic acids is 1. The predicted octanol–water partition coefficient (Wildman–Crippen LogP) is 0.129. The minimum atomic E-state index is -1.23. The zero-order chi connectivity index (χ0) is 24.3. The first kappa shape index (κ1) is 25.0. The standard InChI is InChI=1S/C19H28N6O7S/c1-19(2,3)32-18(30)24-9(17(28)29)4-5-33-6-10-12(26)13(27)16(31-10)25-8-23-11-14(20)21-7-22-15(11)25/h7-10,12-13,16,26-27H,4-6H2,1-3H3,(H,24,30)(H,28,29)(H2,20,21,22)/t9-,10+,12+,13+,16+/m0/s1. The van der Waals surface area contributed by atoms with Crippen LogP contribution in [0.15, 0.2) is 12.7 Å². The van der Waals surface area contributed by atoms with E-state index in [-0.39, 0.29) is 18.0 Å². The summed E-state index contributed by atoms with van der Waals surface area (Å²) in [5.74, 6) is -0.344. The molecule has 0 radical (unpaired) electrons. The molecule has 0 saturated carbocycles. The third-order valence-electron chi connectivity index (χ3n) is 4.82. The summed E-state index contributed by atoms with van der Waals surface area (Å²) < 4.78 is 12.4. The molecule has 0 aliphatic carbocycles. The molecule has 1 amide bonds. The lowest BCUT2D eigenvalue weighted by atomic mass is 10.1. The number of amides is 1. The third kappa shape index (κ3) is 6.01. The largest absolute Gasteiger partial charge is 0.480 e. The van der Waals surface area contributed by atoms with E-state index in [9.17, 15) is 24.9 Å². The first-order chi connectivity index (χ1) is 15.5. The number of aliphatic carboxylic acids is 1. The van der Waals surface area contributed by atoms with Crippen LogP contribution in [0, 0.1) is 0 Å². The summed E-state index contributed by atoms with van der Waals surface area (Å²) in [6, 6.07) is -1.12. The van der Waals surface area contributed by atoms with Gasteiger partial charge in [0.1, 0.15) is 35.7 Å². The number of aliphatic hydroxyl groups is 2. The van der Waals surface area contributed by atoms with Gasteiger partial charge in [-0.1, -0.05) is 0 Å². The minimum Gasteiger partial charge on any atom is -0.480 e. The number of nitrogen functional groups attached to an aromatic ring is 1. The van der Waals surface area contributed by atoms with E-state index in [1.807, 2.05) is 0 Å². The van der Waals surface area contributed by atoms with Crippen LogP contribution in [-0.2, 0) is 14.3 Å². The molecule has 33 heavy (non-hydrogen) atoms. The van der Waals surface area contributed by atoms with Gasteiger partial charge >= 0.3 is 12.1 Å². The molecule has 6 N–H and O–H groups in total. The maximum atomic E-state index is 11.8. The molecule has 3 rings (SSSR count). The Kier molecular flexibility index (Phi) is 7.62. The maximum absolute atomic E-state index is 11.8. The first-order valence-electron chi connectivity index (χ1n) is 10.2. The Labute approximate surface area is 193 Å². The normalized spacial score (nSPS) is 24.0. The van der Waals surface area contributed by atoms with Gasteiger partial charge in [-0.05, 0) is 32.9 Å². The van der Waals surface area contributed by atoms with E-state index < -0.39 is 48.2 Å². The van der Waals surface area contributed by atoms with Crippen molar-refractivity contribution in [3.8, 4) is 0 Å². The lowest BCUT2D eigenvalue weighted by Crippen LogP contribution is -2.43. The number of nitrogens with two attached hydrogens (primary N) is 1. The average Bonchev–Trinajstić information content (AvgIpc) is 3.26. The van der Waals surface area contributed by atoms with Gasteiger partial charge in [0.2, 0.25) is 0 Å². The highest BCUT2D eigenvalue weighted by Gasteiger charge is 2.44. The fourth-order valence-electron chi connectivity index (χ4n) is 3.26. The topological polar surface area (TPSA) is 195 Å². The molecule has 1 aliphatic heterocycles. The van der Waals surface area contributed by atoms with E-state index in [1.165, 1.54) is 29.0 Å². The second kappa shape index (κ2) is 10.1. The van der Waals surface area contributed by atoms with Crippen molar-refractivity contribution in [2.24, 2.45) is 0 Å². The van der Waals surface area contributed by atoms with Crippen molar-refractivity contribution in [3.05, 3.63) is 12.7 Å². The number of alkyl carbamates (subject to hydrolysis) is 1. The van der Waals surface area contributed by atoms with E-state index >= 15 is 0 Å². The Morgan fingerprint density at radius 1 is 1.30 bits per heavy atom. The van der Waals surface area contributed by atoms with Gasteiger partial charge in [-0.2, -0.15) is 11.8 Å². The molecule has 2 aromatic heterocycles. The zero-order valence-electron chi connectivity index (χ0n) is 18.4. The molecule has 0 unspecified atom stereocenters. The number of carbonyl (C=O) groups excluding carboxylic acids is 1. The minimum absolute atomic E-state index is 0.135. The molecule has 13 nitrogen and oxygen atoms in total. The van der Waals surface area contributed by atoms with E-state index in [0.29, 0.717) is 16.9 Å². The van der Waals surface area contributed by atoms with Gasteiger partial charge in [-0.3, -0.25) is 4.57 Å². The number of hydrogen-bond donors (Lipinski definition) is 5. The SMILES string of the molecule is CC(C)(C)OC(=O)N[C@@H](CCSC[C@H]1O[C@@H](n2cnc3c(N)ncnc32)[C@H](O)[C@@H]1O)C(=O)O. The lowest BCUT2D eigenvalue weighted by Gasteiger charge is -2.22. The number of anilines is 1. The molecule has 14 heteroatoms. The van der Waals surface area contributed by atoms with E-state index in [4.69, 9.17) is 15.2 Å². The van der Waals surface area contributed by atoms with E-state index in [2.05, 4.69) is 20.3 Å². The highest BCUT2D eigenvalue weighted by atomic mass is 32.2. The zero-order valence-corrected chi connectivity index (χ0v) is 19.2. The summed E-state index contributed by atoms with van der Waals surface area (Å²) >= 11 is 1.33. The Morgan fingerprint density at radius 3 is 2.70 bits per heavy atom. The summed E-state index contributed by atoms with van der Waals surface area (Å²) in [7, 11) is 0. The van der Waals surface area contributed by atoms with Crippen LogP contribution in [0.25, 0.3) is 11.2 Å². The molecule has 182 valence electrons. The summed E-state index contributed by atoms with van der Waals surface area (Å²) in [4.78, 5) is 35.4. The number of hydrogen-bond acceptors (Lipinski definition) is 11. The van der Waals surface area contributed by atoms with Gasteiger partial charge < -0.3 is 35.8 Å². The molecule has 0 bridgehead atoms. The molecule has 0 spiro atoms. The van der Waals surface area contributed by atoms with Crippen molar-refractivity contribution in [2.75, 3.05) is 17.2 Å². The van der Waals surface area contributed by atoms with Crippen LogP contribution >= 0.6 is 11.8 Å². The predicted molar refractivity (Wildman–Crippen MR) is 118 cm³/mol. The van der Waals surface area contributed by atoms with Crippen molar-refractivity contribution in [2.45, 2.75) is 63.4 Å². The molecule has 0 aromatic carbocycles. The number of aliphatic hydroxyl groups excluding tert-OH is 2. The van der Waals surface area contributed by atoms with E-state index in [1.54, 1.807) is 20.8 Å². The van der Waals surface area contributed by atoms with Crippen LogP contribution in [0.4, 0.5) is 10.6 Å². The van der Waals surface area contributed by atoms with Crippen LogP contribution in [0.5, 0.6) is 0 Å². The number of nitrogens with zero attached hydrogens (tertiary/aromatic N) is 4. The maximum Gasteiger partial charge on any atom is 0.408 e. The number of imidazole rings is 1. The second-order valence-electron chi connectivity index (χ2n) is 8.53. The highest BCUT2D eigenvalue weighted by Crippen LogP contribution is 2.33. The summed E-state index contributed by atoms with van der Waals surface area (Å²) in [6.07, 6.45) is -2.04. The van der Waals surface area contributed by atoms with Crippen LogP contribution < -0.4 is 11.1 Å². The molecule has 2 aromatic rings. The monoisotopic (exact) mass is 484 g/mol. The molecule has 1 aliphatic rings. The Balaban J connectivity index is 1.53. The molecular weight excluding hydrogens is 456 g/mol. The quantitative estimate of drug-likeness (QED) is 0.318. The number of fused-ring (bicyclic) bond motifs is 1. The van der Waals surface area contributed by atoms with Gasteiger partial charge in [0.15, 0.2) is 17.7 Å². The molecule has 1 saturated heterocycles. The Hall–Kier alpha value is -2.68. The van der Waals surface area contributed by atoms with Crippen molar-refractivity contribution >= 4 is 40.8 Å². The number of rotatable bonds is 8. The van der Waals surface area contributed by atoms with Crippen molar-refractivity contribution < 1.29 is 34.4 Å². The van der Waals surface area contributed by atoms with Gasteiger partial charge in [-0.25, -0.2) is 24.5 Å². The first-order valence-corrected chi connectivity index (χ1v) is 11.4. The fourth-order valence-corrected chi connectivity index (χ4v) is 4.34. The van der Waals surface area contributed by atoms with Crippen LogP contribution in [0.1, 0.15) is 33.4 Å². The Bertz CT molecular complexity index is 997. The van der Waals surface area contributed by atoms with Crippen molar-refractivity contribution in [1.29, 1.82) is 0 Å². The van der Waals surface area contributed by atoms with E-state index in [0.717, 1.165) is 0 Å². The van der Waals surface area contributed by atoms with Crippen LogP contribution in [0.3, 0.4) is 0 Å². The van der Waals surface area contributed by atoms with Crippen molar-refractivity contribution in [1.82, 2.24) is 24.8 Å². The number of carbonyl (C=O) groups is 2. The van der Waals surface area contributed by atoms with Gasteiger partial charge in [0.05, 0.1) is 12.4 Å². The number of carboxylic acid groups (broad SMARTS) is 1. The molecule has 1 fully saturated rings. The summed E-state index contributed by atoms with van der Waals surface area (Å²) in [5.41, 5.74) is 5.77. The average molecular weight is 485 g/mol. The fraction of sp³-hybridized carbons (Fsp3) is 0.632. The number of thioether (sulfide) groups is 1. The van der Waals surface area contributed by atoms with Gasteiger partial charge in [0.25, 0.3) is 0 Å². The lowest BCUT2D eigenvalue weighted by molar-refractivity contribution is -0.139. The van der Waals surface area contributed by atoms with Gasteiger partial charge in [-0.15, -0.1) is 0 Å². The van der Waals surface area contributed by atoms with Crippen LogP contribution in [-0.4, -0.2) is 88.4 Å². The van der Waals surface area contributed by atoms with Gasteiger partial charge in [0, 0.05) is 5.75 Å². The summed E-state index contributed by atoms with van der Waals surface area (Å²) in [5, 5.41) is 32.6.